The van der Waals surface area contributed by atoms with Crippen molar-refractivity contribution in [2.45, 2.75) is 19.8 Å². The fraction of sp³-hybridized carbons (Fsp3) is 0.143. The molecule has 24 heavy (non-hydrogen) atoms. The van der Waals surface area contributed by atoms with Gasteiger partial charge in [0.25, 0.3) is 0 Å². The first-order valence-electron chi connectivity index (χ1n) is 8.00. The van der Waals surface area contributed by atoms with Gasteiger partial charge < -0.3 is 14.2 Å². The smallest absolute Gasteiger partial charge is 0.123 e. The van der Waals surface area contributed by atoms with Crippen LogP contribution in [0.2, 0.25) is 0 Å². The Hall–Kier alpha value is -2.94. The Morgan fingerprint density at radius 2 is 0.875 bits per heavy atom. The first-order valence-corrected chi connectivity index (χ1v) is 8.00. The van der Waals surface area contributed by atoms with E-state index in [0.717, 1.165) is 33.9 Å². The van der Waals surface area contributed by atoms with Crippen LogP contribution < -0.4 is 14.2 Å². The number of hydrogen-bond acceptors (Lipinski definition) is 3. The molecule has 0 saturated heterocycles. The van der Waals surface area contributed by atoms with E-state index in [4.69, 9.17) is 14.2 Å². The topological polar surface area (TPSA) is 27.7 Å². The summed E-state index contributed by atoms with van der Waals surface area (Å²) in [7, 11) is 0. The second kappa shape index (κ2) is 6.67. The molecule has 3 aromatic carbocycles. The first-order chi connectivity index (χ1) is 11.8. The zero-order valence-electron chi connectivity index (χ0n) is 13.3. The second-order valence-corrected chi connectivity index (χ2v) is 5.81. The number of hydrogen-bond donors (Lipinski definition) is 0. The molecule has 0 radical (unpaired) electrons. The van der Waals surface area contributed by atoms with Crippen molar-refractivity contribution in [1.82, 2.24) is 0 Å². The summed E-state index contributed by atoms with van der Waals surface area (Å²) >= 11 is 0. The minimum absolute atomic E-state index is 0.494. The van der Waals surface area contributed by atoms with Gasteiger partial charge in [0.2, 0.25) is 0 Å². The Morgan fingerprint density at radius 1 is 0.458 bits per heavy atom. The molecule has 0 spiro atoms. The molecule has 3 nitrogen and oxygen atoms in total. The van der Waals surface area contributed by atoms with Crippen molar-refractivity contribution in [3.05, 3.63) is 89.5 Å². The lowest BCUT2D eigenvalue weighted by Crippen LogP contribution is -1.99. The molecule has 0 aromatic heterocycles. The molecule has 3 aromatic rings. The highest BCUT2D eigenvalue weighted by atomic mass is 16.5. The maximum atomic E-state index is 5.91. The first kappa shape index (κ1) is 14.6. The number of fused-ring (bicyclic) bond motifs is 6. The zero-order valence-corrected chi connectivity index (χ0v) is 13.3. The molecule has 1 aliphatic heterocycles. The van der Waals surface area contributed by atoms with Crippen molar-refractivity contribution in [3.8, 4) is 17.2 Å². The summed E-state index contributed by atoms with van der Waals surface area (Å²) < 4.78 is 17.7. The van der Waals surface area contributed by atoms with E-state index in [1.54, 1.807) is 0 Å². The average Bonchev–Trinajstić information content (AvgIpc) is 2.64. The summed E-state index contributed by atoms with van der Waals surface area (Å²) in [5, 5.41) is 0. The third-order valence-electron chi connectivity index (χ3n) is 3.91. The minimum atomic E-state index is 0.494. The van der Waals surface area contributed by atoms with Crippen LogP contribution >= 0.6 is 0 Å². The predicted molar refractivity (Wildman–Crippen MR) is 92.3 cm³/mol. The Morgan fingerprint density at radius 3 is 1.46 bits per heavy atom. The molecule has 0 saturated carbocycles. The molecule has 1 aliphatic rings. The highest BCUT2D eigenvalue weighted by Crippen LogP contribution is 2.23. The molecule has 6 bridgehead atoms. The van der Waals surface area contributed by atoms with Gasteiger partial charge in [0.15, 0.2) is 0 Å². The van der Waals surface area contributed by atoms with Gasteiger partial charge in [-0.25, -0.2) is 0 Å². The van der Waals surface area contributed by atoms with E-state index in [0.29, 0.717) is 19.8 Å². The summed E-state index contributed by atoms with van der Waals surface area (Å²) in [5.74, 6) is 2.45. The van der Waals surface area contributed by atoms with Gasteiger partial charge >= 0.3 is 0 Å². The lowest BCUT2D eigenvalue weighted by atomic mass is 10.1. The molecule has 120 valence electrons. The Bertz CT molecular complexity index is 671. The zero-order chi connectivity index (χ0) is 16.2. The van der Waals surface area contributed by atoms with E-state index in [1.165, 1.54) is 0 Å². The van der Waals surface area contributed by atoms with Crippen molar-refractivity contribution in [2.24, 2.45) is 0 Å². The molecule has 0 N–H and O–H groups in total. The van der Waals surface area contributed by atoms with Crippen LogP contribution in [0.15, 0.2) is 72.8 Å². The van der Waals surface area contributed by atoms with Crippen molar-refractivity contribution in [1.29, 1.82) is 0 Å². The normalized spacial score (nSPS) is 13.5. The number of ether oxygens (including phenoxy) is 3. The molecule has 3 heteroatoms. The molecule has 0 aliphatic carbocycles. The van der Waals surface area contributed by atoms with Gasteiger partial charge in [-0.2, -0.15) is 0 Å². The molecule has 0 fully saturated rings. The lowest BCUT2D eigenvalue weighted by Gasteiger charge is -2.10. The third kappa shape index (κ3) is 3.51. The van der Waals surface area contributed by atoms with Crippen LogP contribution in [-0.2, 0) is 19.8 Å². The van der Waals surface area contributed by atoms with Gasteiger partial charge in [0.05, 0.1) is 0 Å². The van der Waals surface area contributed by atoms with Crippen LogP contribution in [-0.4, -0.2) is 0 Å². The van der Waals surface area contributed by atoms with Crippen LogP contribution in [0.5, 0.6) is 17.2 Å². The Balaban J connectivity index is 1.68. The number of benzene rings is 3. The maximum absolute atomic E-state index is 5.91. The molecule has 4 rings (SSSR count). The lowest BCUT2D eigenvalue weighted by molar-refractivity contribution is 0.289. The van der Waals surface area contributed by atoms with Gasteiger partial charge in [0.1, 0.15) is 37.1 Å². The van der Waals surface area contributed by atoms with Gasteiger partial charge in [0, 0.05) is 6.07 Å². The van der Waals surface area contributed by atoms with Crippen molar-refractivity contribution in [3.63, 3.8) is 0 Å². The van der Waals surface area contributed by atoms with Crippen LogP contribution in [0, 0.1) is 0 Å². The van der Waals surface area contributed by atoms with Gasteiger partial charge in [-0.15, -0.1) is 0 Å². The van der Waals surface area contributed by atoms with E-state index < -0.39 is 0 Å². The van der Waals surface area contributed by atoms with Crippen LogP contribution in [0.25, 0.3) is 0 Å². The van der Waals surface area contributed by atoms with E-state index in [9.17, 15) is 0 Å². The number of rotatable bonds is 0. The second-order valence-electron chi connectivity index (χ2n) is 5.81. The van der Waals surface area contributed by atoms with E-state index >= 15 is 0 Å². The molecule has 0 amide bonds. The Kier molecular flexibility index (Phi) is 4.07. The van der Waals surface area contributed by atoms with E-state index in [2.05, 4.69) is 18.2 Å². The molecular formula is C21H18O3. The fourth-order valence-electron chi connectivity index (χ4n) is 2.69. The summed E-state index contributed by atoms with van der Waals surface area (Å²) in [6.45, 7) is 1.55. The average molecular weight is 318 g/mol. The summed E-state index contributed by atoms with van der Waals surface area (Å²) in [5.41, 5.74) is 3.31. The van der Waals surface area contributed by atoms with Crippen LogP contribution in [0.1, 0.15) is 16.7 Å². The molecule has 1 heterocycles. The van der Waals surface area contributed by atoms with E-state index in [-0.39, 0.29) is 0 Å². The van der Waals surface area contributed by atoms with Gasteiger partial charge in [-0.1, -0.05) is 36.4 Å². The van der Waals surface area contributed by atoms with Crippen LogP contribution in [0.4, 0.5) is 0 Å². The van der Waals surface area contributed by atoms with Gasteiger partial charge in [-0.05, 0) is 47.0 Å². The monoisotopic (exact) mass is 318 g/mol. The van der Waals surface area contributed by atoms with Crippen LogP contribution in [0.3, 0.4) is 0 Å². The summed E-state index contributed by atoms with van der Waals surface area (Å²) in [4.78, 5) is 0. The molecule has 0 unspecified atom stereocenters. The maximum Gasteiger partial charge on any atom is 0.123 e. The minimum Gasteiger partial charge on any atom is -0.489 e. The summed E-state index contributed by atoms with van der Waals surface area (Å²) in [6.07, 6.45) is 0. The standard InChI is InChI=1S/C21H18O3/c1-4-16-10-17(5-1)14-23-20-8-3-9-21(12-20)24-15-18-6-2-7-19(11-18)22-13-16/h1-12H,13-15H2. The highest BCUT2D eigenvalue weighted by Gasteiger charge is 2.04. The fourth-order valence-corrected chi connectivity index (χ4v) is 2.69. The quantitative estimate of drug-likeness (QED) is 0.599. The molecule has 0 atom stereocenters. The highest BCUT2D eigenvalue weighted by molar-refractivity contribution is 5.34. The molecular weight excluding hydrogens is 300 g/mol. The summed E-state index contributed by atoms with van der Waals surface area (Å²) in [6, 6.07) is 24.0. The van der Waals surface area contributed by atoms with Gasteiger partial charge in [-0.3, -0.25) is 0 Å². The van der Waals surface area contributed by atoms with E-state index in [1.807, 2.05) is 54.6 Å². The Labute approximate surface area is 141 Å². The van der Waals surface area contributed by atoms with Crippen molar-refractivity contribution < 1.29 is 14.2 Å². The van der Waals surface area contributed by atoms with Crippen molar-refractivity contribution in [2.75, 3.05) is 0 Å². The SMILES string of the molecule is c1cc2cc(c1)COc1cccc(c1)OCc1cccc(c1)OC2. The third-order valence-corrected chi connectivity index (χ3v) is 3.91. The largest absolute Gasteiger partial charge is 0.489 e. The van der Waals surface area contributed by atoms with Crippen molar-refractivity contribution >= 4 is 0 Å². The predicted octanol–water partition coefficient (Wildman–Crippen LogP) is 4.74.